The number of benzene rings is 1. The van der Waals surface area contributed by atoms with E-state index in [1.807, 2.05) is 18.2 Å². The number of ether oxygens (including phenoxy) is 3. The zero-order chi connectivity index (χ0) is 23.9. The van der Waals surface area contributed by atoms with E-state index in [9.17, 15) is 4.79 Å². The van der Waals surface area contributed by atoms with Gasteiger partial charge in [0, 0.05) is 43.2 Å². The quantitative estimate of drug-likeness (QED) is 0.382. The molecule has 0 amide bonds. The Labute approximate surface area is 205 Å². The second-order valence-electron chi connectivity index (χ2n) is 9.03. The van der Waals surface area contributed by atoms with Crippen molar-refractivity contribution >= 4 is 28.2 Å². The van der Waals surface area contributed by atoms with Crippen molar-refractivity contribution < 1.29 is 14.2 Å². The zero-order valence-electron chi connectivity index (χ0n) is 20.1. The van der Waals surface area contributed by atoms with Crippen LogP contribution < -0.4 is 20.3 Å². The number of fused-ring (bicyclic) bond motifs is 2. The first-order chi connectivity index (χ1) is 16.5. The molecule has 1 saturated heterocycles. The lowest BCUT2D eigenvalue weighted by molar-refractivity contribution is 0.0376. The van der Waals surface area contributed by atoms with Crippen molar-refractivity contribution in [2.45, 2.75) is 19.4 Å². The van der Waals surface area contributed by atoms with Gasteiger partial charge < -0.3 is 34.3 Å². The molecule has 0 atom stereocenters. The molecule has 0 bridgehead atoms. The Balaban J connectivity index is 1.40. The van der Waals surface area contributed by atoms with Crippen LogP contribution in [0.15, 0.2) is 23.0 Å². The maximum Gasteiger partial charge on any atom is 0.253 e. The molecule has 0 radical (unpaired) electrons. The summed E-state index contributed by atoms with van der Waals surface area (Å²) in [6.07, 6.45) is 1.96. The maximum atomic E-state index is 12.9. The van der Waals surface area contributed by atoms with Crippen LogP contribution in [-0.2, 0) is 11.3 Å². The number of aromatic amines is 1. The van der Waals surface area contributed by atoms with Gasteiger partial charge in [0.05, 0.1) is 25.3 Å². The lowest BCUT2D eigenvalue weighted by Crippen LogP contribution is -2.43. The molecule has 2 N–H and O–H groups in total. The van der Waals surface area contributed by atoms with E-state index in [0.717, 1.165) is 76.2 Å². The van der Waals surface area contributed by atoms with Crippen molar-refractivity contribution in [1.29, 1.82) is 0 Å². The Morgan fingerprint density at radius 3 is 2.65 bits per heavy atom. The maximum absolute atomic E-state index is 12.9. The fraction of sp³-hybridized carbons (Fsp3) is 0.583. The van der Waals surface area contributed by atoms with Gasteiger partial charge >= 0.3 is 0 Å². The van der Waals surface area contributed by atoms with Gasteiger partial charge in [0.25, 0.3) is 5.56 Å². The predicted molar refractivity (Wildman–Crippen MR) is 137 cm³/mol. The summed E-state index contributed by atoms with van der Waals surface area (Å²) in [6, 6.07) is 5.66. The van der Waals surface area contributed by atoms with Crippen LogP contribution in [0.1, 0.15) is 18.4 Å². The molecule has 0 aliphatic carbocycles. The minimum atomic E-state index is -0.112. The summed E-state index contributed by atoms with van der Waals surface area (Å²) < 4.78 is 16.3. The average Bonchev–Trinajstić information content (AvgIpc) is 3.27. The lowest BCUT2D eigenvalue weighted by Gasteiger charge is -2.28. The number of nitrogens with zero attached hydrogens (tertiary/aromatic N) is 3. The van der Waals surface area contributed by atoms with Crippen molar-refractivity contribution in [2.24, 2.45) is 0 Å². The molecule has 1 aromatic carbocycles. The number of thiocarbonyl (C=S) groups is 1. The Kier molecular flexibility index (Phi) is 8.60. The third-order valence-corrected chi connectivity index (χ3v) is 6.53. The molecule has 1 aromatic heterocycles. The van der Waals surface area contributed by atoms with E-state index in [-0.39, 0.29) is 12.4 Å². The van der Waals surface area contributed by atoms with Crippen molar-refractivity contribution in [2.75, 3.05) is 73.4 Å². The van der Waals surface area contributed by atoms with Gasteiger partial charge in [-0.05, 0) is 64.4 Å². The highest BCUT2D eigenvalue weighted by molar-refractivity contribution is 7.80. The fourth-order valence-corrected chi connectivity index (χ4v) is 4.49. The van der Waals surface area contributed by atoms with E-state index in [1.54, 1.807) is 0 Å². The number of H-pyrrole nitrogens is 1. The SMILES string of the molecule is CN(C)CCCN(Cc1cc2cc3c(cc2[nH]c1=O)OCO3)C(=S)NCCCN1CCOCC1. The molecule has 2 aromatic rings. The molecule has 0 unspecified atom stereocenters. The van der Waals surface area contributed by atoms with Crippen LogP contribution >= 0.6 is 12.2 Å². The molecule has 0 spiro atoms. The van der Waals surface area contributed by atoms with Crippen LogP contribution in [-0.4, -0.2) is 98.2 Å². The first kappa shape index (κ1) is 24.7. The molecule has 2 aliphatic rings. The minimum absolute atomic E-state index is 0.112. The molecule has 2 aliphatic heterocycles. The average molecular weight is 490 g/mol. The summed E-state index contributed by atoms with van der Waals surface area (Å²) in [5, 5.41) is 5.01. The van der Waals surface area contributed by atoms with Gasteiger partial charge in [-0.3, -0.25) is 9.69 Å². The first-order valence-corrected chi connectivity index (χ1v) is 12.3. The predicted octanol–water partition coefficient (Wildman–Crippen LogP) is 1.61. The molecular weight excluding hydrogens is 454 g/mol. The topological polar surface area (TPSA) is 82.3 Å². The van der Waals surface area contributed by atoms with Crippen LogP contribution in [0.2, 0.25) is 0 Å². The van der Waals surface area contributed by atoms with Crippen molar-refractivity contribution in [3.63, 3.8) is 0 Å². The van der Waals surface area contributed by atoms with Gasteiger partial charge in [-0.2, -0.15) is 0 Å². The summed E-state index contributed by atoms with van der Waals surface area (Å²) in [6.45, 7) is 7.81. The van der Waals surface area contributed by atoms with Crippen molar-refractivity contribution in [3.8, 4) is 11.5 Å². The van der Waals surface area contributed by atoms with Crippen LogP contribution in [0.4, 0.5) is 0 Å². The first-order valence-electron chi connectivity index (χ1n) is 11.9. The summed E-state index contributed by atoms with van der Waals surface area (Å²) in [5.41, 5.74) is 1.30. The van der Waals surface area contributed by atoms with Gasteiger partial charge in [0.2, 0.25) is 6.79 Å². The number of morpholine rings is 1. The second-order valence-corrected chi connectivity index (χ2v) is 9.42. The number of nitrogens with one attached hydrogen (secondary N) is 2. The van der Waals surface area contributed by atoms with Gasteiger partial charge in [0.1, 0.15) is 0 Å². The van der Waals surface area contributed by atoms with Gasteiger partial charge in [0.15, 0.2) is 16.6 Å². The highest BCUT2D eigenvalue weighted by Crippen LogP contribution is 2.35. The Morgan fingerprint density at radius 2 is 1.88 bits per heavy atom. The number of rotatable bonds is 10. The lowest BCUT2D eigenvalue weighted by atomic mass is 10.1. The standard InChI is InChI=1S/C24H35N5O4S/c1-27(2)6-4-8-29(24(34)25-5-3-7-28-9-11-31-12-10-28)16-19-13-18-14-21-22(33-17-32-21)15-20(18)26-23(19)30/h13-15H,3-12,16-17H2,1-2H3,(H,25,34)(H,26,30). The zero-order valence-corrected chi connectivity index (χ0v) is 20.9. The normalized spacial score (nSPS) is 15.7. The molecule has 0 saturated carbocycles. The summed E-state index contributed by atoms with van der Waals surface area (Å²) in [5.74, 6) is 1.36. The van der Waals surface area contributed by atoms with Gasteiger partial charge in [-0.1, -0.05) is 0 Å². The van der Waals surface area contributed by atoms with E-state index >= 15 is 0 Å². The number of hydrogen-bond acceptors (Lipinski definition) is 7. The summed E-state index contributed by atoms with van der Waals surface area (Å²) in [7, 11) is 4.12. The third kappa shape index (κ3) is 6.59. The Bertz CT molecular complexity index is 1040. The number of hydrogen-bond donors (Lipinski definition) is 2. The van der Waals surface area contributed by atoms with Crippen LogP contribution in [0.5, 0.6) is 11.5 Å². The van der Waals surface area contributed by atoms with Crippen molar-refractivity contribution in [1.82, 2.24) is 25.0 Å². The smallest absolute Gasteiger partial charge is 0.253 e. The Hall–Kier alpha value is -2.40. The van der Waals surface area contributed by atoms with Crippen LogP contribution in [0, 0.1) is 0 Å². The monoisotopic (exact) mass is 489 g/mol. The Morgan fingerprint density at radius 1 is 1.12 bits per heavy atom. The molecule has 10 heteroatoms. The van der Waals surface area contributed by atoms with Gasteiger partial charge in [-0.25, -0.2) is 0 Å². The largest absolute Gasteiger partial charge is 0.454 e. The van der Waals surface area contributed by atoms with Crippen LogP contribution in [0.25, 0.3) is 10.9 Å². The van der Waals surface area contributed by atoms with E-state index < -0.39 is 0 Å². The summed E-state index contributed by atoms with van der Waals surface area (Å²) >= 11 is 5.75. The number of aromatic nitrogens is 1. The highest BCUT2D eigenvalue weighted by Gasteiger charge is 2.17. The molecule has 34 heavy (non-hydrogen) atoms. The van der Waals surface area contributed by atoms with E-state index in [1.165, 1.54) is 0 Å². The molecule has 3 heterocycles. The molecule has 4 rings (SSSR count). The molecule has 186 valence electrons. The fourth-order valence-electron chi connectivity index (χ4n) is 4.23. The minimum Gasteiger partial charge on any atom is -0.454 e. The van der Waals surface area contributed by atoms with Crippen molar-refractivity contribution in [3.05, 3.63) is 34.1 Å². The number of pyridine rings is 1. The second kappa shape index (κ2) is 11.8. The summed E-state index contributed by atoms with van der Waals surface area (Å²) in [4.78, 5) is 22.5. The van der Waals surface area contributed by atoms with E-state index in [2.05, 4.69) is 39.1 Å². The highest BCUT2D eigenvalue weighted by atomic mass is 32.1. The van der Waals surface area contributed by atoms with Gasteiger partial charge in [-0.15, -0.1) is 0 Å². The molecule has 1 fully saturated rings. The molecule has 9 nitrogen and oxygen atoms in total. The third-order valence-electron chi connectivity index (χ3n) is 6.13. The van der Waals surface area contributed by atoms with Crippen LogP contribution in [0.3, 0.4) is 0 Å². The molecular formula is C24H35N5O4S. The van der Waals surface area contributed by atoms with E-state index in [0.29, 0.717) is 28.7 Å². The van der Waals surface area contributed by atoms with E-state index in [4.69, 9.17) is 26.4 Å².